The molecule has 0 atom stereocenters. The van der Waals surface area contributed by atoms with Gasteiger partial charge in [0.25, 0.3) is 0 Å². The topological polar surface area (TPSA) is 50.7 Å². The summed E-state index contributed by atoms with van der Waals surface area (Å²) in [5.41, 5.74) is 0.165. The van der Waals surface area contributed by atoms with Gasteiger partial charge in [0.1, 0.15) is 6.61 Å². The van der Waals surface area contributed by atoms with Crippen LogP contribution < -0.4 is 14.8 Å². The summed E-state index contributed by atoms with van der Waals surface area (Å²) in [5.74, 6) is 1.99. The smallest absolute Gasteiger partial charge is 0.165 e. The van der Waals surface area contributed by atoms with E-state index < -0.39 is 5.60 Å². The molecule has 4 nitrogen and oxygen atoms in total. The molecule has 20 heavy (non-hydrogen) atoms. The fourth-order valence-electron chi connectivity index (χ4n) is 1.77. The van der Waals surface area contributed by atoms with Crippen LogP contribution in [0.5, 0.6) is 11.5 Å². The first kappa shape index (κ1) is 16.8. The van der Waals surface area contributed by atoms with Crippen LogP contribution in [0.25, 0.3) is 0 Å². The van der Waals surface area contributed by atoms with E-state index in [0.29, 0.717) is 17.4 Å². The Hall–Kier alpha value is -1.26. The van der Waals surface area contributed by atoms with Crippen molar-refractivity contribution >= 4 is 0 Å². The third kappa shape index (κ3) is 5.80. The third-order valence-corrected chi connectivity index (χ3v) is 2.72. The van der Waals surface area contributed by atoms with E-state index in [4.69, 9.17) is 9.47 Å². The Labute approximate surface area is 122 Å². The number of aliphatic hydroxyl groups is 1. The second-order valence-corrected chi connectivity index (χ2v) is 6.07. The van der Waals surface area contributed by atoms with Crippen molar-refractivity contribution in [2.75, 3.05) is 20.3 Å². The molecule has 0 bridgehead atoms. The highest BCUT2D eigenvalue weighted by atomic mass is 16.5. The van der Waals surface area contributed by atoms with Crippen molar-refractivity contribution < 1.29 is 14.6 Å². The highest BCUT2D eigenvalue weighted by Crippen LogP contribution is 2.31. The number of nitrogens with one attached hydrogen (secondary N) is 1. The van der Waals surface area contributed by atoms with Crippen molar-refractivity contribution in [3.8, 4) is 11.5 Å². The molecular formula is C16H27NO3. The molecular weight excluding hydrogens is 254 g/mol. The molecule has 1 aromatic rings. The first-order valence-electron chi connectivity index (χ1n) is 7.05. The standard InChI is InChI=1S/C16H27NO3/c1-12(2)9-17-10-13-7-6-8-14(19-5)15(13)20-11-16(3,4)18/h6-8,12,17-18H,9-11H2,1-5H3. The van der Waals surface area contributed by atoms with Gasteiger partial charge in [-0.15, -0.1) is 0 Å². The Kier molecular flexibility index (Phi) is 6.30. The number of para-hydroxylation sites is 1. The number of methoxy groups -OCH3 is 1. The Morgan fingerprint density at radius 3 is 2.55 bits per heavy atom. The van der Waals surface area contributed by atoms with Crippen LogP contribution >= 0.6 is 0 Å². The molecule has 0 aliphatic rings. The zero-order valence-corrected chi connectivity index (χ0v) is 13.2. The van der Waals surface area contributed by atoms with Gasteiger partial charge >= 0.3 is 0 Å². The summed E-state index contributed by atoms with van der Waals surface area (Å²) in [6.45, 7) is 9.68. The number of hydrogen-bond acceptors (Lipinski definition) is 4. The maximum absolute atomic E-state index is 9.80. The average molecular weight is 281 g/mol. The molecule has 0 fully saturated rings. The maximum atomic E-state index is 9.80. The molecule has 0 saturated carbocycles. The minimum atomic E-state index is -0.872. The number of ether oxygens (including phenoxy) is 2. The zero-order valence-electron chi connectivity index (χ0n) is 13.2. The fraction of sp³-hybridized carbons (Fsp3) is 0.625. The van der Waals surface area contributed by atoms with E-state index in [-0.39, 0.29) is 6.61 Å². The Bertz CT molecular complexity index is 411. The van der Waals surface area contributed by atoms with Crippen LogP contribution in [0, 0.1) is 5.92 Å². The maximum Gasteiger partial charge on any atom is 0.165 e. The molecule has 114 valence electrons. The van der Waals surface area contributed by atoms with E-state index in [0.717, 1.165) is 18.7 Å². The molecule has 0 aromatic heterocycles. The van der Waals surface area contributed by atoms with Gasteiger partial charge in [0.05, 0.1) is 12.7 Å². The van der Waals surface area contributed by atoms with Gasteiger partial charge in [-0.05, 0) is 32.4 Å². The van der Waals surface area contributed by atoms with Gasteiger partial charge in [-0.3, -0.25) is 0 Å². The molecule has 4 heteroatoms. The van der Waals surface area contributed by atoms with E-state index in [1.54, 1.807) is 21.0 Å². The van der Waals surface area contributed by atoms with E-state index in [9.17, 15) is 5.11 Å². The lowest BCUT2D eigenvalue weighted by Crippen LogP contribution is -2.28. The largest absolute Gasteiger partial charge is 0.493 e. The summed E-state index contributed by atoms with van der Waals surface area (Å²) in [4.78, 5) is 0. The van der Waals surface area contributed by atoms with Gasteiger partial charge in [0, 0.05) is 12.1 Å². The molecule has 0 radical (unpaired) electrons. The summed E-state index contributed by atoms with van der Waals surface area (Å²) < 4.78 is 11.1. The Balaban J connectivity index is 2.81. The lowest BCUT2D eigenvalue weighted by molar-refractivity contribution is 0.0272. The molecule has 0 aliphatic heterocycles. The average Bonchev–Trinajstić information content (AvgIpc) is 2.35. The Morgan fingerprint density at radius 1 is 1.30 bits per heavy atom. The monoisotopic (exact) mass is 281 g/mol. The third-order valence-electron chi connectivity index (χ3n) is 2.72. The highest BCUT2D eigenvalue weighted by molar-refractivity contribution is 5.46. The normalized spacial score (nSPS) is 11.8. The van der Waals surface area contributed by atoms with Crippen LogP contribution in [0.15, 0.2) is 18.2 Å². The van der Waals surface area contributed by atoms with Crippen LogP contribution in [0.2, 0.25) is 0 Å². The lowest BCUT2D eigenvalue weighted by Gasteiger charge is -2.21. The SMILES string of the molecule is COc1cccc(CNCC(C)C)c1OCC(C)(C)O. The van der Waals surface area contributed by atoms with Gasteiger partial charge in [-0.25, -0.2) is 0 Å². The van der Waals surface area contributed by atoms with Crippen molar-refractivity contribution in [1.82, 2.24) is 5.32 Å². The molecule has 0 heterocycles. The van der Waals surface area contributed by atoms with E-state index in [1.165, 1.54) is 0 Å². The van der Waals surface area contributed by atoms with Crippen molar-refractivity contribution in [3.05, 3.63) is 23.8 Å². The second kappa shape index (κ2) is 7.50. The van der Waals surface area contributed by atoms with Gasteiger partial charge in [0.15, 0.2) is 11.5 Å². The van der Waals surface area contributed by atoms with Crippen LogP contribution in [-0.2, 0) is 6.54 Å². The number of benzene rings is 1. The Morgan fingerprint density at radius 2 is 2.00 bits per heavy atom. The van der Waals surface area contributed by atoms with Crippen LogP contribution in [0.4, 0.5) is 0 Å². The summed E-state index contributed by atoms with van der Waals surface area (Å²) in [7, 11) is 1.62. The lowest BCUT2D eigenvalue weighted by atomic mass is 10.1. The minimum Gasteiger partial charge on any atom is -0.493 e. The highest BCUT2D eigenvalue weighted by Gasteiger charge is 2.17. The zero-order chi connectivity index (χ0) is 15.2. The fourth-order valence-corrected chi connectivity index (χ4v) is 1.77. The van der Waals surface area contributed by atoms with Crippen molar-refractivity contribution in [2.45, 2.75) is 39.8 Å². The molecule has 1 aromatic carbocycles. The predicted molar refractivity (Wildman–Crippen MR) is 81.3 cm³/mol. The summed E-state index contributed by atoms with van der Waals surface area (Å²) in [6, 6.07) is 5.82. The molecule has 0 unspecified atom stereocenters. The van der Waals surface area contributed by atoms with Gasteiger partial charge < -0.3 is 19.9 Å². The van der Waals surface area contributed by atoms with Crippen LogP contribution in [0.3, 0.4) is 0 Å². The van der Waals surface area contributed by atoms with E-state index >= 15 is 0 Å². The van der Waals surface area contributed by atoms with Crippen molar-refractivity contribution in [3.63, 3.8) is 0 Å². The summed E-state index contributed by atoms with van der Waals surface area (Å²) >= 11 is 0. The quantitative estimate of drug-likeness (QED) is 0.769. The summed E-state index contributed by atoms with van der Waals surface area (Å²) in [6.07, 6.45) is 0. The molecule has 0 saturated heterocycles. The number of hydrogen-bond donors (Lipinski definition) is 2. The van der Waals surface area contributed by atoms with Crippen molar-refractivity contribution in [1.29, 1.82) is 0 Å². The predicted octanol–water partition coefficient (Wildman–Crippen LogP) is 2.59. The molecule has 0 aliphatic carbocycles. The van der Waals surface area contributed by atoms with Crippen LogP contribution in [0.1, 0.15) is 33.3 Å². The number of rotatable bonds is 8. The van der Waals surface area contributed by atoms with E-state index in [1.807, 2.05) is 18.2 Å². The van der Waals surface area contributed by atoms with Crippen molar-refractivity contribution in [2.24, 2.45) is 5.92 Å². The van der Waals surface area contributed by atoms with Gasteiger partial charge in [-0.1, -0.05) is 26.0 Å². The first-order valence-corrected chi connectivity index (χ1v) is 7.05. The van der Waals surface area contributed by atoms with Gasteiger partial charge in [-0.2, -0.15) is 0 Å². The minimum absolute atomic E-state index is 0.227. The van der Waals surface area contributed by atoms with Crippen LogP contribution in [-0.4, -0.2) is 31.0 Å². The molecule has 2 N–H and O–H groups in total. The molecule has 1 rings (SSSR count). The van der Waals surface area contributed by atoms with Gasteiger partial charge in [0.2, 0.25) is 0 Å². The molecule has 0 amide bonds. The molecule has 0 spiro atoms. The van der Waals surface area contributed by atoms with E-state index in [2.05, 4.69) is 19.2 Å². The summed E-state index contributed by atoms with van der Waals surface area (Å²) in [5, 5.41) is 13.2. The first-order chi connectivity index (χ1) is 9.33. The second-order valence-electron chi connectivity index (χ2n) is 6.07.